The fourth-order valence-corrected chi connectivity index (χ4v) is 2.65. The molecule has 1 aromatic heterocycles. The van der Waals surface area contributed by atoms with Crippen molar-refractivity contribution < 1.29 is 9.53 Å². The highest BCUT2D eigenvalue weighted by atomic mass is 16.5. The highest BCUT2D eigenvalue weighted by Gasteiger charge is 2.34. The van der Waals surface area contributed by atoms with Crippen molar-refractivity contribution in [2.75, 3.05) is 40.1 Å². The van der Waals surface area contributed by atoms with Gasteiger partial charge in [-0.15, -0.1) is 0 Å². The third-order valence-electron chi connectivity index (χ3n) is 3.72. The van der Waals surface area contributed by atoms with Gasteiger partial charge in [-0.2, -0.15) is 0 Å². The Balaban J connectivity index is 1.99. The van der Waals surface area contributed by atoms with Crippen LogP contribution in [0.25, 0.3) is 0 Å². The van der Waals surface area contributed by atoms with Crippen LogP contribution in [-0.2, 0) is 16.1 Å². The van der Waals surface area contributed by atoms with E-state index in [1.54, 1.807) is 13.3 Å². The van der Waals surface area contributed by atoms with Gasteiger partial charge in [0.25, 0.3) is 0 Å². The fourth-order valence-electron chi connectivity index (χ4n) is 2.65. The molecular formula is C15H24N4O2. The van der Waals surface area contributed by atoms with Gasteiger partial charge in [-0.05, 0) is 45.3 Å². The summed E-state index contributed by atoms with van der Waals surface area (Å²) in [4.78, 5) is 20.7. The Hall–Kier alpha value is -1.50. The van der Waals surface area contributed by atoms with E-state index in [0.29, 0.717) is 5.82 Å². The van der Waals surface area contributed by atoms with Gasteiger partial charge in [0, 0.05) is 26.4 Å². The molecule has 1 aliphatic heterocycles. The van der Waals surface area contributed by atoms with Gasteiger partial charge in [-0.25, -0.2) is 4.98 Å². The second-order valence-corrected chi connectivity index (χ2v) is 5.83. The first kappa shape index (κ1) is 15.9. The minimum atomic E-state index is -0.158. The summed E-state index contributed by atoms with van der Waals surface area (Å²) < 4.78 is 5.33. The number of amides is 1. The Morgan fingerprint density at radius 1 is 1.57 bits per heavy atom. The Morgan fingerprint density at radius 2 is 2.33 bits per heavy atom. The number of pyridine rings is 1. The highest BCUT2D eigenvalue weighted by molar-refractivity contribution is 5.94. The number of hydrogen-bond donors (Lipinski definition) is 1. The summed E-state index contributed by atoms with van der Waals surface area (Å²) in [5, 5.41) is 2.91. The topological polar surface area (TPSA) is 57.7 Å². The van der Waals surface area contributed by atoms with Crippen molar-refractivity contribution in [2.45, 2.75) is 25.1 Å². The monoisotopic (exact) mass is 292 g/mol. The van der Waals surface area contributed by atoms with Crippen LogP contribution >= 0.6 is 0 Å². The van der Waals surface area contributed by atoms with Crippen LogP contribution < -0.4 is 5.32 Å². The summed E-state index contributed by atoms with van der Waals surface area (Å²) in [6.07, 6.45) is 2.57. The number of rotatable bonds is 5. The largest absolute Gasteiger partial charge is 0.380 e. The van der Waals surface area contributed by atoms with Crippen molar-refractivity contribution in [1.82, 2.24) is 14.8 Å². The molecule has 0 radical (unpaired) electrons. The number of carbonyl (C=O) groups is 1. The molecule has 0 unspecified atom stereocenters. The molecule has 116 valence electrons. The maximum Gasteiger partial charge on any atom is 0.242 e. The molecule has 2 heterocycles. The lowest BCUT2D eigenvalue weighted by Crippen LogP contribution is -2.37. The van der Waals surface area contributed by atoms with Crippen LogP contribution in [0.4, 0.5) is 5.82 Å². The van der Waals surface area contributed by atoms with Crippen LogP contribution in [0, 0.1) is 0 Å². The predicted molar refractivity (Wildman–Crippen MR) is 82.1 cm³/mol. The average Bonchev–Trinajstić information content (AvgIpc) is 2.80. The van der Waals surface area contributed by atoms with Crippen molar-refractivity contribution in [3.63, 3.8) is 0 Å². The third kappa shape index (κ3) is 4.23. The van der Waals surface area contributed by atoms with E-state index in [4.69, 9.17) is 4.74 Å². The summed E-state index contributed by atoms with van der Waals surface area (Å²) in [6, 6.07) is 3.72. The van der Waals surface area contributed by atoms with E-state index < -0.39 is 0 Å². The first-order valence-electron chi connectivity index (χ1n) is 7.13. The average molecular weight is 292 g/mol. The molecule has 0 aliphatic carbocycles. The summed E-state index contributed by atoms with van der Waals surface area (Å²) >= 11 is 0. The molecule has 1 N–H and O–H groups in total. The van der Waals surface area contributed by atoms with Crippen LogP contribution in [0.1, 0.15) is 12.0 Å². The molecule has 0 spiro atoms. The zero-order valence-corrected chi connectivity index (χ0v) is 13.2. The number of hydrogen-bond acceptors (Lipinski definition) is 5. The van der Waals surface area contributed by atoms with Crippen molar-refractivity contribution in [3.05, 3.63) is 23.9 Å². The molecule has 0 saturated carbocycles. The van der Waals surface area contributed by atoms with Crippen LogP contribution in [0.2, 0.25) is 0 Å². The number of anilines is 1. The molecule has 0 bridgehead atoms. The summed E-state index contributed by atoms with van der Waals surface area (Å²) in [7, 11) is 7.65. The molecule has 2 rings (SSSR count). The molecule has 21 heavy (non-hydrogen) atoms. The van der Waals surface area contributed by atoms with E-state index >= 15 is 0 Å². The van der Waals surface area contributed by atoms with Crippen LogP contribution in [0.15, 0.2) is 18.3 Å². The van der Waals surface area contributed by atoms with Gasteiger partial charge in [0.05, 0.1) is 12.1 Å². The number of likely N-dealkylation sites (tertiary alicyclic amines) is 1. The van der Waals surface area contributed by atoms with E-state index in [0.717, 1.165) is 25.1 Å². The smallest absolute Gasteiger partial charge is 0.242 e. The van der Waals surface area contributed by atoms with Gasteiger partial charge in [0.15, 0.2) is 0 Å². The van der Waals surface area contributed by atoms with Gasteiger partial charge >= 0.3 is 0 Å². The lowest BCUT2D eigenvalue weighted by Gasteiger charge is -2.18. The predicted octanol–water partition coefficient (Wildman–Crippen LogP) is 0.801. The van der Waals surface area contributed by atoms with Crippen molar-refractivity contribution in [1.29, 1.82) is 0 Å². The molecule has 2 atom stereocenters. The third-order valence-corrected chi connectivity index (χ3v) is 3.72. The van der Waals surface area contributed by atoms with E-state index in [-0.39, 0.29) is 18.1 Å². The number of nitrogens with one attached hydrogen (secondary N) is 1. The van der Waals surface area contributed by atoms with Gasteiger partial charge in [0.2, 0.25) is 5.91 Å². The molecule has 6 heteroatoms. The first-order chi connectivity index (χ1) is 9.99. The molecule has 1 amide bonds. The molecule has 6 nitrogen and oxygen atoms in total. The number of likely N-dealkylation sites (N-methyl/N-ethyl adjacent to an activating group) is 1. The highest BCUT2D eigenvalue weighted by Crippen LogP contribution is 2.19. The summed E-state index contributed by atoms with van der Waals surface area (Å²) in [6.45, 7) is 1.60. The van der Waals surface area contributed by atoms with Crippen LogP contribution in [0.3, 0.4) is 0 Å². The Labute approximate surface area is 126 Å². The van der Waals surface area contributed by atoms with Crippen molar-refractivity contribution in [3.8, 4) is 0 Å². The molecule has 0 aromatic carbocycles. The standard InChI is InChI=1S/C15H24N4O2/c1-18(2)9-11-5-6-16-14(7-11)17-15(20)13-8-12(21-4)10-19(13)3/h5-7,12-13H,8-10H2,1-4H3,(H,16,17,20)/t12-,13-/m0/s1. The van der Waals surface area contributed by atoms with E-state index in [9.17, 15) is 4.79 Å². The van der Waals surface area contributed by atoms with Gasteiger partial charge in [0.1, 0.15) is 5.82 Å². The maximum atomic E-state index is 12.4. The number of carbonyl (C=O) groups excluding carboxylic acids is 1. The van der Waals surface area contributed by atoms with E-state index in [1.165, 1.54) is 0 Å². The quantitative estimate of drug-likeness (QED) is 0.870. The Bertz CT molecular complexity index is 492. The number of nitrogens with zero attached hydrogens (tertiary/aromatic N) is 3. The minimum absolute atomic E-state index is 0.0217. The van der Waals surface area contributed by atoms with Crippen LogP contribution in [-0.4, -0.2) is 67.6 Å². The molecule has 1 fully saturated rings. The number of aromatic nitrogens is 1. The zero-order valence-electron chi connectivity index (χ0n) is 13.2. The summed E-state index contributed by atoms with van der Waals surface area (Å²) in [5.74, 6) is 0.583. The molecule has 1 aromatic rings. The van der Waals surface area contributed by atoms with E-state index in [2.05, 4.69) is 15.2 Å². The van der Waals surface area contributed by atoms with Gasteiger partial charge < -0.3 is 15.0 Å². The second-order valence-electron chi connectivity index (χ2n) is 5.83. The fraction of sp³-hybridized carbons (Fsp3) is 0.600. The lowest BCUT2D eigenvalue weighted by atomic mass is 10.2. The molecular weight excluding hydrogens is 268 g/mol. The SMILES string of the molecule is CO[C@H]1C[C@@H](C(=O)Nc2cc(CN(C)C)ccn2)N(C)C1. The zero-order chi connectivity index (χ0) is 15.4. The van der Waals surface area contributed by atoms with Crippen molar-refractivity contribution >= 4 is 11.7 Å². The maximum absolute atomic E-state index is 12.4. The second kappa shape index (κ2) is 6.98. The Morgan fingerprint density at radius 3 is 2.95 bits per heavy atom. The Kier molecular flexibility index (Phi) is 5.27. The molecule has 1 saturated heterocycles. The normalized spacial score (nSPS) is 22.7. The van der Waals surface area contributed by atoms with Crippen molar-refractivity contribution in [2.24, 2.45) is 0 Å². The van der Waals surface area contributed by atoms with E-state index in [1.807, 2.05) is 38.2 Å². The van der Waals surface area contributed by atoms with Gasteiger partial charge in [-0.1, -0.05) is 0 Å². The summed E-state index contributed by atoms with van der Waals surface area (Å²) in [5.41, 5.74) is 1.12. The van der Waals surface area contributed by atoms with Gasteiger partial charge in [-0.3, -0.25) is 9.69 Å². The lowest BCUT2D eigenvalue weighted by molar-refractivity contribution is -0.120. The minimum Gasteiger partial charge on any atom is -0.380 e. The molecule has 1 aliphatic rings. The first-order valence-corrected chi connectivity index (χ1v) is 7.13. The number of ether oxygens (including phenoxy) is 1. The van der Waals surface area contributed by atoms with Crippen LogP contribution in [0.5, 0.6) is 0 Å². The number of methoxy groups -OCH3 is 1.